The summed E-state index contributed by atoms with van der Waals surface area (Å²) < 4.78 is 0. The van der Waals surface area contributed by atoms with Crippen molar-refractivity contribution in [3.8, 4) is 11.3 Å². The summed E-state index contributed by atoms with van der Waals surface area (Å²) in [6.07, 6.45) is 4.76. The Morgan fingerprint density at radius 3 is 2.64 bits per heavy atom. The Bertz CT molecular complexity index is 1000. The number of pyridine rings is 1. The van der Waals surface area contributed by atoms with Crippen LogP contribution in [-0.2, 0) is 0 Å². The maximum atomic E-state index is 12.3. The maximum absolute atomic E-state index is 12.3. The van der Waals surface area contributed by atoms with E-state index in [0.29, 0.717) is 28.2 Å². The van der Waals surface area contributed by atoms with Crippen molar-refractivity contribution < 1.29 is 4.79 Å². The molecule has 0 aliphatic rings. The highest BCUT2D eigenvalue weighted by Crippen LogP contribution is 2.22. The van der Waals surface area contributed by atoms with Crippen molar-refractivity contribution >= 4 is 35.3 Å². The number of halogens is 1. The van der Waals surface area contributed by atoms with Gasteiger partial charge in [-0.3, -0.25) is 14.9 Å². The van der Waals surface area contributed by atoms with Crippen LogP contribution in [-0.4, -0.2) is 31.1 Å². The van der Waals surface area contributed by atoms with Crippen LogP contribution in [0.15, 0.2) is 61.1 Å². The first-order valence-corrected chi connectivity index (χ1v) is 7.29. The van der Waals surface area contributed by atoms with E-state index in [-0.39, 0.29) is 18.3 Å². The summed E-state index contributed by atoms with van der Waals surface area (Å²) >= 11 is 0. The summed E-state index contributed by atoms with van der Waals surface area (Å²) in [7, 11) is 0. The van der Waals surface area contributed by atoms with Gasteiger partial charge < -0.3 is 5.32 Å². The molecule has 0 bridgehead atoms. The first kappa shape index (κ1) is 16.5. The Morgan fingerprint density at radius 1 is 1.04 bits per heavy atom. The number of anilines is 1. The predicted octanol–water partition coefficient (Wildman–Crippen LogP) is 3.09. The van der Waals surface area contributed by atoms with Gasteiger partial charge in [-0.2, -0.15) is 5.10 Å². The lowest BCUT2D eigenvalue weighted by Crippen LogP contribution is -2.12. The molecule has 0 radical (unpaired) electrons. The van der Waals surface area contributed by atoms with E-state index in [1.807, 2.05) is 30.3 Å². The summed E-state index contributed by atoms with van der Waals surface area (Å²) in [5, 5.41) is 9.60. The zero-order valence-electron chi connectivity index (χ0n) is 12.9. The molecule has 8 heteroatoms. The summed E-state index contributed by atoms with van der Waals surface area (Å²) in [6.45, 7) is 0. The van der Waals surface area contributed by atoms with E-state index in [0.717, 1.165) is 5.56 Å². The molecule has 0 spiro atoms. The van der Waals surface area contributed by atoms with Crippen LogP contribution >= 0.6 is 12.4 Å². The minimum Gasteiger partial charge on any atom is -0.305 e. The Labute approximate surface area is 149 Å². The van der Waals surface area contributed by atoms with E-state index in [1.54, 1.807) is 24.5 Å². The molecule has 4 rings (SSSR count). The molecule has 2 N–H and O–H groups in total. The predicted molar refractivity (Wildman–Crippen MR) is 96.6 cm³/mol. The van der Waals surface area contributed by atoms with Gasteiger partial charge in [0, 0.05) is 18.0 Å². The topological polar surface area (TPSA) is 96.5 Å². The highest BCUT2D eigenvalue weighted by Gasteiger charge is 2.14. The van der Waals surface area contributed by atoms with Crippen molar-refractivity contribution in [2.45, 2.75) is 0 Å². The number of carbonyl (C=O) groups excluding carboxylic acids is 1. The van der Waals surface area contributed by atoms with Crippen LogP contribution < -0.4 is 5.32 Å². The zero-order valence-corrected chi connectivity index (χ0v) is 13.7. The summed E-state index contributed by atoms with van der Waals surface area (Å²) in [4.78, 5) is 25.1. The Hall–Kier alpha value is -3.32. The van der Waals surface area contributed by atoms with E-state index in [9.17, 15) is 4.79 Å². The van der Waals surface area contributed by atoms with Crippen LogP contribution in [0, 0.1) is 0 Å². The Balaban J connectivity index is 0.00000182. The Morgan fingerprint density at radius 2 is 1.88 bits per heavy atom. The Kier molecular flexibility index (Phi) is 4.67. The van der Waals surface area contributed by atoms with Crippen molar-refractivity contribution in [3.05, 3.63) is 66.6 Å². The summed E-state index contributed by atoms with van der Waals surface area (Å²) in [6, 6.07) is 13.1. The van der Waals surface area contributed by atoms with E-state index < -0.39 is 0 Å². The van der Waals surface area contributed by atoms with Crippen LogP contribution in [0.1, 0.15) is 10.4 Å². The number of aromatic amines is 1. The molecule has 7 nitrogen and oxygen atoms in total. The standard InChI is InChI=1S/C17H12N6O.ClH/c24-17(12-7-4-8-18-9-12)21-16-14-15(22-23-16)19-10-13(20-14)11-5-2-1-3-6-11;/h1-10H,(H2,19,21,22,23,24);1H. The van der Waals surface area contributed by atoms with Crippen LogP contribution in [0.4, 0.5) is 5.82 Å². The number of fused-ring (bicyclic) bond motifs is 1. The molecule has 0 aliphatic carbocycles. The number of hydrogen-bond donors (Lipinski definition) is 2. The second-order valence-corrected chi connectivity index (χ2v) is 5.09. The number of H-pyrrole nitrogens is 1. The first-order valence-electron chi connectivity index (χ1n) is 7.29. The van der Waals surface area contributed by atoms with Gasteiger partial charge in [0.15, 0.2) is 11.3 Å². The highest BCUT2D eigenvalue weighted by molar-refractivity contribution is 6.06. The fraction of sp³-hybridized carbons (Fsp3) is 0. The van der Waals surface area contributed by atoms with Gasteiger partial charge >= 0.3 is 0 Å². The van der Waals surface area contributed by atoms with E-state index >= 15 is 0 Å². The number of nitrogens with zero attached hydrogens (tertiary/aromatic N) is 4. The minimum atomic E-state index is -0.291. The van der Waals surface area contributed by atoms with Gasteiger partial charge in [-0.1, -0.05) is 30.3 Å². The molecule has 3 aromatic heterocycles. The molecule has 3 heterocycles. The van der Waals surface area contributed by atoms with E-state index in [1.165, 1.54) is 6.20 Å². The smallest absolute Gasteiger partial charge is 0.258 e. The van der Waals surface area contributed by atoms with Crippen LogP contribution in [0.25, 0.3) is 22.4 Å². The molecule has 0 unspecified atom stereocenters. The molecule has 0 saturated carbocycles. The summed E-state index contributed by atoms with van der Waals surface area (Å²) in [5.74, 6) is 0.115. The lowest BCUT2D eigenvalue weighted by atomic mass is 10.2. The van der Waals surface area contributed by atoms with Gasteiger partial charge in [-0.05, 0) is 12.1 Å². The molecule has 1 aromatic carbocycles. The van der Waals surface area contributed by atoms with Crippen molar-refractivity contribution in [2.24, 2.45) is 0 Å². The van der Waals surface area contributed by atoms with Crippen molar-refractivity contribution in [1.29, 1.82) is 0 Å². The third kappa shape index (κ3) is 3.31. The normalized spacial score (nSPS) is 10.2. The molecule has 124 valence electrons. The second kappa shape index (κ2) is 7.06. The number of aromatic nitrogens is 5. The highest BCUT2D eigenvalue weighted by atomic mass is 35.5. The van der Waals surface area contributed by atoms with Gasteiger partial charge in [0.2, 0.25) is 5.65 Å². The van der Waals surface area contributed by atoms with Crippen LogP contribution in [0.3, 0.4) is 0 Å². The van der Waals surface area contributed by atoms with Gasteiger partial charge in [0.05, 0.1) is 17.5 Å². The average Bonchev–Trinajstić information content (AvgIpc) is 3.05. The number of hydrogen-bond acceptors (Lipinski definition) is 5. The number of rotatable bonds is 3. The van der Waals surface area contributed by atoms with Crippen LogP contribution in [0.2, 0.25) is 0 Å². The molecular formula is C17H13ClN6O. The first-order chi connectivity index (χ1) is 11.8. The lowest BCUT2D eigenvalue weighted by Gasteiger charge is -2.03. The van der Waals surface area contributed by atoms with E-state index in [4.69, 9.17) is 0 Å². The third-order valence-corrected chi connectivity index (χ3v) is 3.50. The van der Waals surface area contributed by atoms with Gasteiger partial charge in [0.1, 0.15) is 0 Å². The van der Waals surface area contributed by atoms with Gasteiger partial charge in [0.25, 0.3) is 5.91 Å². The monoisotopic (exact) mass is 352 g/mol. The fourth-order valence-electron chi connectivity index (χ4n) is 2.31. The quantitative estimate of drug-likeness (QED) is 0.590. The lowest BCUT2D eigenvalue weighted by molar-refractivity contribution is 0.102. The van der Waals surface area contributed by atoms with Crippen molar-refractivity contribution in [3.63, 3.8) is 0 Å². The molecule has 0 atom stereocenters. The second-order valence-electron chi connectivity index (χ2n) is 5.09. The maximum Gasteiger partial charge on any atom is 0.258 e. The van der Waals surface area contributed by atoms with E-state index in [2.05, 4.69) is 30.5 Å². The van der Waals surface area contributed by atoms with Crippen molar-refractivity contribution in [1.82, 2.24) is 25.1 Å². The van der Waals surface area contributed by atoms with Crippen LogP contribution in [0.5, 0.6) is 0 Å². The molecule has 0 fully saturated rings. The fourth-order valence-corrected chi connectivity index (χ4v) is 2.31. The van der Waals surface area contributed by atoms with Crippen molar-refractivity contribution in [2.75, 3.05) is 5.32 Å². The number of amides is 1. The zero-order chi connectivity index (χ0) is 16.4. The molecule has 0 aliphatic heterocycles. The number of carbonyl (C=O) groups is 1. The minimum absolute atomic E-state index is 0. The average molecular weight is 353 g/mol. The number of nitrogens with one attached hydrogen (secondary N) is 2. The van der Waals surface area contributed by atoms with Gasteiger partial charge in [-0.25, -0.2) is 9.97 Å². The largest absolute Gasteiger partial charge is 0.305 e. The SMILES string of the molecule is Cl.O=C(Nc1[nH]nc2ncc(-c3ccccc3)nc12)c1cccnc1. The molecule has 1 amide bonds. The van der Waals surface area contributed by atoms with Gasteiger partial charge in [-0.15, -0.1) is 12.4 Å². The molecular weight excluding hydrogens is 340 g/mol. The molecule has 25 heavy (non-hydrogen) atoms. The summed E-state index contributed by atoms with van der Waals surface area (Å²) in [5.41, 5.74) is 3.05. The molecule has 0 saturated heterocycles. The molecule has 4 aromatic rings. The third-order valence-electron chi connectivity index (χ3n) is 3.50. The number of benzene rings is 1.